The molecule has 0 aromatic heterocycles. The molecule has 37 heavy (non-hydrogen) atoms. The molecule has 0 aromatic rings. The van der Waals surface area contributed by atoms with Crippen LogP contribution in [0, 0.1) is 46.3 Å². The number of fused-ring (bicyclic) bond motifs is 5. The summed E-state index contributed by atoms with van der Waals surface area (Å²) in [7, 11) is 1.44. The molecule has 0 N–H and O–H groups in total. The van der Waals surface area contributed by atoms with Crippen LogP contribution >= 0.6 is 0 Å². The first kappa shape index (κ1) is 27.9. The maximum Gasteiger partial charge on any atom is 0.305 e. The van der Waals surface area contributed by atoms with Crippen molar-refractivity contribution < 1.29 is 33.4 Å². The number of hydrogen-bond acceptors (Lipinski definition) is 7. The van der Waals surface area contributed by atoms with Gasteiger partial charge in [-0.2, -0.15) is 0 Å². The highest BCUT2D eigenvalue weighted by atomic mass is 16.5. The summed E-state index contributed by atoms with van der Waals surface area (Å²) >= 11 is 0. The highest BCUT2D eigenvalue weighted by Crippen LogP contribution is 2.69. The monoisotopic (exact) mass is 516 g/mol. The first-order valence-electron chi connectivity index (χ1n) is 14.1. The molecule has 0 unspecified atom stereocenters. The van der Waals surface area contributed by atoms with E-state index >= 15 is 0 Å². The lowest BCUT2D eigenvalue weighted by molar-refractivity contribution is -0.178. The molecule has 7 heteroatoms. The van der Waals surface area contributed by atoms with E-state index in [0.717, 1.165) is 44.9 Å². The Morgan fingerprint density at radius 2 is 1.62 bits per heavy atom. The molecule has 0 aromatic carbocycles. The molecular formula is C30H44O7. The second kappa shape index (κ2) is 10.6. The zero-order valence-electron chi connectivity index (χ0n) is 23.3. The molecular weight excluding hydrogens is 472 g/mol. The molecule has 7 nitrogen and oxygen atoms in total. The maximum atomic E-state index is 12.6. The highest BCUT2D eigenvalue weighted by Gasteiger charge is 2.65. The van der Waals surface area contributed by atoms with Crippen LogP contribution < -0.4 is 0 Å². The smallest absolute Gasteiger partial charge is 0.305 e. The number of carbonyl (C=O) groups excluding carboxylic acids is 4. The fourth-order valence-electron chi connectivity index (χ4n) is 9.43. The van der Waals surface area contributed by atoms with Gasteiger partial charge in [-0.05, 0) is 85.9 Å². The van der Waals surface area contributed by atoms with Gasteiger partial charge in [-0.3, -0.25) is 14.4 Å². The number of rotatable bonds is 6. The summed E-state index contributed by atoms with van der Waals surface area (Å²) in [5.74, 6) is 2.86. The molecule has 4 fully saturated rings. The predicted molar refractivity (Wildman–Crippen MR) is 137 cm³/mol. The molecule has 206 valence electrons. The fourth-order valence-corrected chi connectivity index (χ4v) is 9.43. The minimum Gasteiger partial charge on any atom is -0.469 e. The van der Waals surface area contributed by atoms with Crippen molar-refractivity contribution in [2.24, 2.45) is 46.3 Å². The van der Waals surface area contributed by atoms with Gasteiger partial charge in [-0.25, -0.2) is 4.79 Å². The zero-order valence-corrected chi connectivity index (χ0v) is 23.3. The summed E-state index contributed by atoms with van der Waals surface area (Å²) in [6.07, 6.45) is 6.89. The van der Waals surface area contributed by atoms with Crippen molar-refractivity contribution >= 4 is 23.8 Å². The van der Waals surface area contributed by atoms with Crippen LogP contribution in [0.4, 0.5) is 0 Å². The fraction of sp³-hybridized carbons (Fsp3) is 0.833. The van der Waals surface area contributed by atoms with Crippen LogP contribution in [0.15, 0.2) is 5.57 Å². The lowest BCUT2D eigenvalue weighted by Gasteiger charge is -2.62. The average molecular weight is 517 g/mol. The molecule has 0 spiro atoms. The van der Waals surface area contributed by atoms with Crippen molar-refractivity contribution in [1.82, 2.24) is 0 Å². The lowest BCUT2D eigenvalue weighted by atomic mass is 9.42. The Hall–Kier alpha value is -2.14. The van der Waals surface area contributed by atoms with Gasteiger partial charge in [0.1, 0.15) is 18.1 Å². The molecule has 0 saturated heterocycles. The van der Waals surface area contributed by atoms with Gasteiger partial charge in [0.05, 0.1) is 12.7 Å². The average Bonchev–Trinajstić information content (AvgIpc) is 3.19. The molecule has 4 rings (SSSR count). The van der Waals surface area contributed by atoms with Crippen molar-refractivity contribution in [3.63, 3.8) is 0 Å². The third-order valence-corrected chi connectivity index (χ3v) is 11.0. The molecule has 4 saturated carbocycles. The van der Waals surface area contributed by atoms with Crippen molar-refractivity contribution in [3.05, 3.63) is 5.57 Å². The normalized spacial score (nSPS) is 41.4. The molecule has 0 aliphatic heterocycles. The molecule has 0 amide bonds. The van der Waals surface area contributed by atoms with Gasteiger partial charge in [-0.1, -0.05) is 20.8 Å². The Bertz CT molecular complexity index is 967. The van der Waals surface area contributed by atoms with E-state index in [-0.39, 0.29) is 46.7 Å². The summed E-state index contributed by atoms with van der Waals surface area (Å²) in [6, 6.07) is 0. The molecule has 0 radical (unpaired) electrons. The predicted octanol–water partition coefficient (Wildman–Crippen LogP) is 5.08. The quantitative estimate of drug-likeness (QED) is 0.276. The largest absolute Gasteiger partial charge is 0.469 e. The number of methoxy groups -OCH3 is 1. The van der Waals surface area contributed by atoms with E-state index < -0.39 is 6.10 Å². The van der Waals surface area contributed by atoms with Gasteiger partial charge < -0.3 is 14.2 Å². The van der Waals surface area contributed by atoms with Gasteiger partial charge in [0, 0.05) is 32.1 Å². The molecule has 0 heterocycles. The van der Waals surface area contributed by atoms with Crippen LogP contribution in [0.2, 0.25) is 0 Å². The summed E-state index contributed by atoms with van der Waals surface area (Å²) in [5.41, 5.74) is 0.490. The number of ether oxygens (including phenoxy) is 3. The topological polar surface area (TPSA) is 96.0 Å². The third-order valence-electron chi connectivity index (χ3n) is 11.0. The van der Waals surface area contributed by atoms with Gasteiger partial charge >= 0.3 is 17.9 Å². The van der Waals surface area contributed by atoms with Gasteiger partial charge in [0.25, 0.3) is 0 Å². The van der Waals surface area contributed by atoms with Crippen LogP contribution in [-0.2, 0) is 33.4 Å². The van der Waals surface area contributed by atoms with E-state index in [2.05, 4.69) is 26.7 Å². The minimum atomic E-state index is -0.581. The molecule has 4 aliphatic carbocycles. The Morgan fingerprint density at radius 3 is 2.24 bits per heavy atom. The van der Waals surface area contributed by atoms with Gasteiger partial charge in [0.15, 0.2) is 0 Å². The second-order valence-electron chi connectivity index (χ2n) is 12.8. The van der Waals surface area contributed by atoms with Crippen LogP contribution in [0.5, 0.6) is 0 Å². The van der Waals surface area contributed by atoms with E-state index in [1.807, 2.05) is 0 Å². The van der Waals surface area contributed by atoms with Crippen molar-refractivity contribution in [2.75, 3.05) is 7.11 Å². The number of hydrogen-bond donors (Lipinski definition) is 0. The standard InChI is InChI=1S/C30H44O7/c1-17(7-10-26(34)35-6)22-8-9-23-27-24(12-14-29(22,23)4)30(5)13-11-20(36-18(2)32)15-25(30)21(16-31)28(27)37-19(3)33/h17,20,22-25,27-28H,7-15H2,1-6H3/t17-,20-,22-,23+,24+,25+,27+,28-,29-,30-/m1/s1. The van der Waals surface area contributed by atoms with Crippen molar-refractivity contribution in [2.45, 2.75) is 105 Å². The Balaban J connectivity index is 1.67. The van der Waals surface area contributed by atoms with Crippen LogP contribution in [0.25, 0.3) is 0 Å². The van der Waals surface area contributed by atoms with E-state index in [4.69, 9.17) is 14.2 Å². The molecule has 4 aliphatic rings. The Morgan fingerprint density at radius 1 is 0.973 bits per heavy atom. The number of carbonyl (C=O) groups is 3. The maximum absolute atomic E-state index is 12.6. The van der Waals surface area contributed by atoms with E-state index in [1.165, 1.54) is 21.0 Å². The van der Waals surface area contributed by atoms with Crippen LogP contribution in [0.1, 0.15) is 92.4 Å². The van der Waals surface area contributed by atoms with E-state index in [9.17, 15) is 19.2 Å². The third kappa shape index (κ3) is 4.89. The lowest BCUT2D eigenvalue weighted by Crippen LogP contribution is -2.60. The zero-order chi connectivity index (χ0) is 27.1. The van der Waals surface area contributed by atoms with Crippen LogP contribution in [0.3, 0.4) is 0 Å². The summed E-state index contributed by atoms with van der Waals surface area (Å²) in [6.45, 7) is 9.79. The summed E-state index contributed by atoms with van der Waals surface area (Å²) in [5, 5.41) is 0. The van der Waals surface area contributed by atoms with Crippen molar-refractivity contribution in [1.29, 1.82) is 0 Å². The number of esters is 3. The van der Waals surface area contributed by atoms with Crippen molar-refractivity contribution in [3.8, 4) is 0 Å². The summed E-state index contributed by atoms with van der Waals surface area (Å²) < 4.78 is 16.5. The van der Waals surface area contributed by atoms with E-state index in [0.29, 0.717) is 42.1 Å². The first-order chi connectivity index (χ1) is 17.5. The Labute approximate surface area is 221 Å². The minimum absolute atomic E-state index is 0.0568. The van der Waals surface area contributed by atoms with Gasteiger partial charge in [-0.15, -0.1) is 0 Å². The Kier molecular flexibility index (Phi) is 7.95. The SMILES string of the molecule is COC(=O)CC[C@@H](C)[C@H]1CC[C@H]2[C@@H]3[C@H](OC(C)=O)C(=C=O)[C@@H]4C[C@H](OC(C)=O)CC[C@]4(C)[C@H]3CC[C@]12C. The van der Waals surface area contributed by atoms with Crippen LogP contribution in [-0.4, -0.2) is 43.2 Å². The summed E-state index contributed by atoms with van der Waals surface area (Å²) in [4.78, 5) is 48.4. The molecule has 10 atom stereocenters. The highest BCUT2D eigenvalue weighted by molar-refractivity contribution is 5.69. The second-order valence-corrected chi connectivity index (χ2v) is 12.8. The van der Waals surface area contributed by atoms with Gasteiger partial charge in [0.2, 0.25) is 0 Å². The first-order valence-corrected chi connectivity index (χ1v) is 14.1. The van der Waals surface area contributed by atoms with E-state index in [1.54, 1.807) is 0 Å². The molecule has 0 bridgehead atoms.